The van der Waals surface area contributed by atoms with Gasteiger partial charge in [-0.15, -0.1) is 0 Å². The lowest BCUT2D eigenvalue weighted by atomic mass is 9.79. The van der Waals surface area contributed by atoms with Gasteiger partial charge in [-0.2, -0.15) is 0 Å². The molecule has 2 unspecified atom stereocenters. The second kappa shape index (κ2) is 7.83. The Hall–Kier alpha value is -0.820. The Balaban J connectivity index is 1.77. The molecule has 0 heterocycles. The molecule has 0 spiro atoms. The summed E-state index contributed by atoms with van der Waals surface area (Å²) in [5, 5.41) is 3.59. The van der Waals surface area contributed by atoms with E-state index in [1.54, 1.807) is 11.1 Å². The summed E-state index contributed by atoms with van der Waals surface area (Å²) >= 11 is 0. The molecule has 0 saturated carbocycles. The number of fused-ring (bicyclic) bond motifs is 1. The number of benzene rings is 1. The molecule has 0 amide bonds. The van der Waals surface area contributed by atoms with E-state index in [2.05, 4.69) is 50.4 Å². The summed E-state index contributed by atoms with van der Waals surface area (Å²) in [5.41, 5.74) is 3.25. The van der Waals surface area contributed by atoms with Gasteiger partial charge in [-0.05, 0) is 74.1 Å². The molecule has 2 atom stereocenters. The molecule has 1 N–H and O–H groups in total. The van der Waals surface area contributed by atoms with Crippen LogP contribution in [0.3, 0.4) is 0 Å². The van der Waals surface area contributed by atoms with Crippen LogP contribution in [0, 0.1) is 11.8 Å². The Morgan fingerprint density at radius 1 is 1.15 bits per heavy atom. The maximum atomic E-state index is 3.59. The number of aryl methyl sites for hydroxylation is 1. The Morgan fingerprint density at radius 2 is 1.95 bits per heavy atom. The van der Waals surface area contributed by atoms with E-state index in [1.807, 2.05) is 0 Å². The van der Waals surface area contributed by atoms with Gasteiger partial charge in [0, 0.05) is 0 Å². The third-order valence-corrected chi connectivity index (χ3v) is 4.55. The zero-order chi connectivity index (χ0) is 14.4. The topological polar surface area (TPSA) is 12.0 Å². The summed E-state index contributed by atoms with van der Waals surface area (Å²) in [6.45, 7) is 9.26. The van der Waals surface area contributed by atoms with Gasteiger partial charge in [0.2, 0.25) is 0 Å². The van der Waals surface area contributed by atoms with Crippen LogP contribution in [0.25, 0.3) is 0 Å². The summed E-state index contributed by atoms with van der Waals surface area (Å²) in [6.07, 6.45) is 6.77. The summed E-state index contributed by atoms with van der Waals surface area (Å²) in [4.78, 5) is 0. The van der Waals surface area contributed by atoms with E-state index in [-0.39, 0.29) is 0 Å². The molecule has 1 aliphatic rings. The first-order chi connectivity index (χ1) is 9.66. The zero-order valence-electron chi connectivity index (χ0n) is 13.5. The standard InChI is InChI=1S/C19H31N/c1-15(2)13-20-14-16(3)11-12-18-9-6-8-17-7-4-5-10-19(17)18/h4-5,7,10,15-16,18,20H,6,8-9,11-14H2,1-3H3. The van der Waals surface area contributed by atoms with Crippen LogP contribution in [0.15, 0.2) is 24.3 Å². The predicted octanol–water partition coefficient (Wildman–Crippen LogP) is 4.77. The average Bonchev–Trinajstić information content (AvgIpc) is 2.44. The lowest BCUT2D eigenvalue weighted by molar-refractivity contribution is 0.409. The van der Waals surface area contributed by atoms with Crippen molar-refractivity contribution < 1.29 is 0 Å². The maximum Gasteiger partial charge on any atom is -0.00230 e. The molecule has 1 nitrogen and oxygen atoms in total. The summed E-state index contributed by atoms with van der Waals surface area (Å²) < 4.78 is 0. The largest absolute Gasteiger partial charge is 0.316 e. The van der Waals surface area contributed by atoms with Crippen molar-refractivity contribution in [3.63, 3.8) is 0 Å². The fourth-order valence-corrected chi connectivity index (χ4v) is 3.36. The summed E-state index contributed by atoms with van der Waals surface area (Å²) in [7, 11) is 0. The van der Waals surface area contributed by atoms with E-state index >= 15 is 0 Å². The van der Waals surface area contributed by atoms with Gasteiger partial charge in [0.25, 0.3) is 0 Å². The fraction of sp³-hybridized carbons (Fsp3) is 0.684. The first-order valence-corrected chi connectivity index (χ1v) is 8.45. The highest BCUT2D eigenvalue weighted by Crippen LogP contribution is 2.35. The van der Waals surface area contributed by atoms with E-state index in [0.717, 1.165) is 24.3 Å². The number of nitrogens with one attached hydrogen (secondary N) is 1. The number of hydrogen-bond acceptors (Lipinski definition) is 1. The highest BCUT2D eigenvalue weighted by molar-refractivity contribution is 5.32. The van der Waals surface area contributed by atoms with Crippen LogP contribution >= 0.6 is 0 Å². The molecule has 0 aliphatic heterocycles. The number of hydrogen-bond donors (Lipinski definition) is 1. The van der Waals surface area contributed by atoms with Crippen molar-refractivity contribution in [1.82, 2.24) is 5.32 Å². The van der Waals surface area contributed by atoms with Gasteiger partial charge in [0.05, 0.1) is 0 Å². The van der Waals surface area contributed by atoms with Crippen molar-refractivity contribution in [3.05, 3.63) is 35.4 Å². The third kappa shape index (κ3) is 4.63. The van der Waals surface area contributed by atoms with Crippen LogP contribution < -0.4 is 5.32 Å². The van der Waals surface area contributed by atoms with E-state index in [1.165, 1.54) is 38.6 Å². The molecule has 0 saturated heterocycles. The Bertz CT molecular complexity index is 397. The van der Waals surface area contributed by atoms with Crippen molar-refractivity contribution in [2.24, 2.45) is 11.8 Å². The SMILES string of the molecule is CC(C)CNCC(C)CCC1CCCc2ccccc21. The molecule has 112 valence electrons. The Morgan fingerprint density at radius 3 is 2.75 bits per heavy atom. The second-order valence-corrected chi connectivity index (χ2v) is 7.02. The minimum atomic E-state index is 0.757. The molecule has 1 aromatic carbocycles. The molecular formula is C19H31N. The fourth-order valence-electron chi connectivity index (χ4n) is 3.36. The van der Waals surface area contributed by atoms with Crippen LogP contribution in [0.4, 0.5) is 0 Å². The lowest BCUT2D eigenvalue weighted by Crippen LogP contribution is -2.25. The summed E-state index contributed by atoms with van der Waals surface area (Å²) in [5.74, 6) is 2.36. The van der Waals surface area contributed by atoms with E-state index in [9.17, 15) is 0 Å². The molecule has 1 aromatic rings. The maximum absolute atomic E-state index is 3.59. The van der Waals surface area contributed by atoms with Gasteiger partial charge in [-0.3, -0.25) is 0 Å². The smallest absolute Gasteiger partial charge is 0.00230 e. The summed E-state index contributed by atoms with van der Waals surface area (Å²) in [6, 6.07) is 9.10. The molecular weight excluding hydrogens is 242 g/mol. The predicted molar refractivity (Wildman–Crippen MR) is 88.2 cm³/mol. The van der Waals surface area contributed by atoms with Crippen molar-refractivity contribution in [3.8, 4) is 0 Å². The van der Waals surface area contributed by atoms with Crippen LogP contribution in [0.5, 0.6) is 0 Å². The average molecular weight is 273 g/mol. The van der Waals surface area contributed by atoms with Gasteiger partial charge in [0.15, 0.2) is 0 Å². The van der Waals surface area contributed by atoms with E-state index in [0.29, 0.717) is 0 Å². The van der Waals surface area contributed by atoms with Gasteiger partial charge >= 0.3 is 0 Å². The van der Waals surface area contributed by atoms with Gasteiger partial charge in [-0.25, -0.2) is 0 Å². The zero-order valence-corrected chi connectivity index (χ0v) is 13.5. The van der Waals surface area contributed by atoms with Crippen molar-refractivity contribution >= 4 is 0 Å². The molecule has 0 bridgehead atoms. The highest BCUT2D eigenvalue weighted by atomic mass is 14.9. The molecule has 1 aliphatic carbocycles. The van der Waals surface area contributed by atoms with Crippen LogP contribution in [-0.2, 0) is 6.42 Å². The molecule has 0 radical (unpaired) electrons. The van der Waals surface area contributed by atoms with Crippen molar-refractivity contribution in [1.29, 1.82) is 0 Å². The second-order valence-electron chi connectivity index (χ2n) is 7.02. The molecule has 0 aromatic heterocycles. The van der Waals surface area contributed by atoms with Crippen LogP contribution in [-0.4, -0.2) is 13.1 Å². The molecule has 1 heteroatoms. The van der Waals surface area contributed by atoms with Gasteiger partial charge in [0.1, 0.15) is 0 Å². The van der Waals surface area contributed by atoms with Crippen molar-refractivity contribution in [2.75, 3.05) is 13.1 Å². The first-order valence-electron chi connectivity index (χ1n) is 8.45. The highest BCUT2D eigenvalue weighted by Gasteiger charge is 2.19. The molecule has 2 rings (SSSR count). The minimum absolute atomic E-state index is 0.757. The lowest BCUT2D eigenvalue weighted by Gasteiger charge is -2.26. The molecule has 0 fully saturated rings. The first kappa shape index (κ1) is 15.6. The van der Waals surface area contributed by atoms with Crippen LogP contribution in [0.2, 0.25) is 0 Å². The van der Waals surface area contributed by atoms with Gasteiger partial charge < -0.3 is 5.32 Å². The Labute approximate surface area is 125 Å². The molecule has 20 heavy (non-hydrogen) atoms. The van der Waals surface area contributed by atoms with E-state index < -0.39 is 0 Å². The minimum Gasteiger partial charge on any atom is -0.316 e. The third-order valence-electron chi connectivity index (χ3n) is 4.55. The monoisotopic (exact) mass is 273 g/mol. The number of rotatable bonds is 7. The van der Waals surface area contributed by atoms with Crippen LogP contribution in [0.1, 0.15) is 63.5 Å². The normalized spacial score (nSPS) is 19.9. The van der Waals surface area contributed by atoms with E-state index in [4.69, 9.17) is 0 Å². The van der Waals surface area contributed by atoms with Gasteiger partial charge in [-0.1, -0.05) is 45.0 Å². The van der Waals surface area contributed by atoms with Crippen molar-refractivity contribution in [2.45, 2.75) is 58.8 Å². The Kier molecular flexibility index (Phi) is 6.09. The quantitative estimate of drug-likeness (QED) is 0.754.